The number of hydrogen-bond acceptors (Lipinski definition) is 2. The van der Waals surface area contributed by atoms with Crippen molar-refractivity contribution < 1.29 is 9.18 Å². The third-order valence-corrected chi connectivity index (χ3v) is 4.83. The van der Waals surface area contributed by atoms with Gasteiger partial charge in [-0.2, -0.15) is 0 Å². The molecule has 3 N–H and O–H groups in total. The molecule has 3 nitrogen and oxygen atoms in total. The molecule has 1 aliphatic rings. The summed E-state index contributed by atoms with van der Waals surface area (Å²) < 4.78 is 13.7. The molecule has 1 aliphatic carbocycles. The Labute approximate surface area is 146 Å². The number of hydrogen-bond donors (Lipinski definition) is 2. The van der Waals surface area contributed by atoms with Crippen LogP contribution in [0.2, 0.25) is 5.02 Å². The van der Waals surface area contributed by atoms with Crippen molar-refractivity contribution in [3.8, 4) is 11.1 Å². The predicted molar refractivity (Wildman–Crippen MR) is 95.4 cm³/mol. The molecule has 0 unspecified atom stereocenters. The average Bonchev–Trinajstić information content (AvgIpc) is 2.95. The number of nitrogens with two attached hydrogens (primary N) is 1. The maximum absolute atomic E-state index is 13.7. The highest BCUT2D eigenvalue weighted by Gasteiger charge is 2.26. The van der Waals surface area contributed by atoms with Gasteiger partial charge in [0.15, 0.2) is 0 Å². The zero-order valence-electron chi connectivity index (χ0n) is 13.3. The minimum atomic E-state index is -0.351. The maximum atomic E-state index is 13.7. The van der Waals surface area contributed by atoms with Gasteiger partial charge in [-0.1, -0.05) is 30.2 Å². The number of nitrogens with one attached hydrogen (secondary N) is 1. The van der Waals surface area contributed by atoms with Gasteiger partial charge in [-0.3, -0.25) is 4.79 Å². The molecule has 1 amide bonds. The van der Waals surface area contributed by atoms with Crippen LogP contribution in [0.15, 0.2) is 42.5 Å². The Hall–Kier alpha value is -1.91. The second kappa shape index (κ2) is 7.32. The van der Waals surface area contributed by atoms with Crippen molar-refractivity contribution in [2.75, 3.05) is 5.32 Å². The van der Waals surface area contributed by atoms with Crippen LogP contribution in [-0.4, -0.2) is 11.9 Å². The van der Waals surface area contributed by atoms with E-state index in [2.05, 4.69) is 5.32 Å². The van der Waals surface area contributed by atoms with Crippen molar-refractivity contribution in [3.05, 3.63) is 53.3 Å². The van der Waals surface area contributed by atoms with E-state index in [1.165, 1.54) is 12.1 Å². The molecule has 0 spiro atoms. The van der Waals surface area contributed by atoms with Crippen molar-refractivity contribution in [3.63, 3.8) is 0 Å². The molecule has 0 aromatic heterocycles. The van der Waals surface area contributed by atoms with Crippen LogP contribution in [0.1, 0.15) is 25.7 Å². The van der Waals surface area contributed by atoms with Crippen LogP contribution in [-0.2, 0) is 4.79 Å². The van der Waals surface area contributed by atoms with Gasteiger partial charge < -0.3 is 11.1 Å². The quantitative estimate of drug-likeness (QED) is 0.849. The fourth-order valence-electron chi connectivity index (χ4n) is 3.25. The van der Waals surface area contributed by atoms with Gasteiger partial charge >= 0.3 is 0 Å². The van der Waals surface area contributed by atoms with E-state index in [-0.39, 0.29) is 23.7 Å². The van der Waals surface area contributed by atoms with E-state index in [1.54, 1.807) is 30.3 Å². The number of benzene rings is 2. The molecule has 1 saturated carbocycles. The smallest absolute Gasteiger partial charge is 0.224 e. The van der Waals surface area contributed by atoms with E-state index in [0.29, 0.717) is 22.7 Å². The number of amides is 1. The molecule has 1 fully saturated rings. The van der Waals surface area contributed by atoms with Crippen LogP contribution in [0.5, 0.6) is 0 Å². The number of anilines is 1. The first-order chi connectivity index (χ1) is 11.5. The molecule has 2 aromatic rings. The van der Waals surface area contributed by atoms with E-state index in [9.17, 15) is 9.18 Å². The fourth-order valence-corrected chi connectivity index (χ4v) is 3.38. The van der Waals surface area contributed by atoms with E-state index in [4.69, 9.17) is 17.3 Å². The molecular weight excluding hydrogens is 327 g/mol. The van der Waals surface area contributed by atoms with Crippen molar-refractivity contribution in [1.82, 2.24) is 0 Å². The average molecular weight is 347 g/mol. The zero-order valence-corrected chi connectivity index (χ0v) is 14.0. The van der Waals surface area contributed by atoms with Crippen LogP contribution in [0.25, 0.3) is 11.1 Å². The number of rotatable bonds is 4. The van der Waals surface area contributed by atoms with Crippen LogP contribution in [0.4, 0.5) is 10.1 Å². The van der Waals surface area contributed by atoms with E-state index in [1.807, 2.05) is 0 Å². The summed E-state index contributed by atoms with van der Waals surface area (Å²) in [4.78, 5) is 12.4. The third-order valence-electron chi connectivity index (χ3n) is 4.58. The lowest BCUT2D eigenvalue weighted by atomic mass is 9.99. The number of carbonyl (C=O) groups excluding carboxylic acids is 1. The second-order valence-electron chi connectivity index (χ2n) is 6.30. The van der Waals surface area contributed by atoms with Crippen LogP contribution in [0.3, 0.4) is 0 Å². The van der Waals surface area contributed by atoms with Crippen LogP contribution < -0.4 is 11.1 Å². The summed E-state index contributed by atoms with van der Waals surface area (Å²) in [6.45, 7) is 0. The molecule has 3 rings (SSSR count). The topological polar surface area (TPSA) is 55.1 Å². The molecule has 126 valence electrons. The summed E-state index contributed by atoms with van der Waals surface area (Å²) >= 11 is 5.91. The largest absolute Gasteiger partial charge is 0.327 e. The summed E-state index contributed by atoms with van der Waals surface area (Å²) in [7, 11) is 0. The van der Waals surface area contributed by atoms with Gasteiger partial charge in [-0.15, -0.1) is 0 Å². The van der Waals surface area contributed by atoms with E-state index in [0.717, 1.165) is 24.8 Å². The van der Waals surface area contributed by atoms with Gasteiger partial charge in [0.25, 0.3) is 0 Å². The summed E-state index contributed by atoms with van der Waals surface area (Å²) in [6, 6.07) is 11.5. The Morgan fingerprint density at radius 2 is 1.96 bits per heavy atom. The number of halogens is 2. The molecule has 0 radical (unpaired) electrons. The molecule has 2 atom stereocenters. The van der Waals surface area contributed by atoms with Gasteiger partial charge in [0.05, 0.1) is 0 Å². The van der Waals surface area contributed by atoms with Crippen molar-refractivity contribution in [1.29, 1.82) is 0 Å². The Balaban J connectivity index is 1.80. The molecule has 0 bridgehead atoms. The maximum Gasteiger partial charge on any atom is 0.224 e. The van der Waals surface area contributed by atoms with Crippen molar-refractivity contribution >= 4 is 23.2 Å². The van der Waals surface area contributed by atoms with E-state index >= 15 is 0 Å². The Bertz CT molecular complexity index is 733. The first-order valence-corrected chi connectivity index (χ1v) is 8.51. The fraction of sp³-hybridized carbons (Fsp3) is 0.316. The normalized spacial score (nSPS) is 20.1. The Morgan fingerprint density at radius 3 is 2.62 bits per heavy atom. The first kappa shape index (κ1) is 16.9. The summed E-state index contributed by atoms with van der Waals surface area (Å²) in [5, 5.41) is 3.51. The molecule has 0 aliphatic heterocycles. The highest BCUT2D eigenvalue weighted by atomic mass is 35.5. The third kappa shape index (κ3) is 3.94. The van der Waals surface area contributed by atoms with Crippen LogP contribution in [0, 0.1) is 11.7 Å². The molecule has 24 heavy (non-hydrogen) atoms. The summed E-state index contributed by atoms with van der Waals surface area (Å²) in [6.07, 6.45) is 3.44. The SMILES string of the molecule is N[C@@H]1CCC[C@H]1CC(=O)Nc1ccc(F)cc1-c1ccc(Cl)cc1. The summed E-state index contributed by atoms with van der Waals surface area (Å²) in [5.41, 5.74) is 8.06. The highest BCUT2D eigenvalue weighted by molar-refractivity contribution is 6.30. The lowest BCUT2D eigenvalue weighted by molar-refractivity contribution is -0.117. The minimum absolute atomic E-state index is 0.0841. The Kier molecular flexibility index (Phi) is 5.17. The lowest BCUT2D eigenvalue weighted by Gasteiger charge is -2.16. The predicted octanol–water partition coefficient (Wildman–Crippen LogP) is 4.60. The standard InChI is InChI=1S/C19H20ClFN2O/c20-14-6-4-12(5-7-14)16-11-15(21)8-9-18(16)23-19(24)10-13-2-1-3-17(13)22/h4-9,11,13,17H,1-3,10,22H2,(H,23,24)/t13-,17+/m0/s1. The Morgan fingerprint density at radius 1 is 1.21 bits per heavy atom. The molecule has 5 heteroatoms. The molecule has 0 saturated heterocycles. The summed E-state index contributed by atoms with van der Waals surface area (Å²) in [5.74, 6) is -0.209. The lowest BCUT2D eigenvalue weighted by Crippen LogP contribution is -2.28. The van der Waals surface area contributed by atoms with Gasteiger partial charge in [0, 0.05) is 28.7 Å². The second-order valence-corrected chi connectivity index (χ2v) is 6.74. The molecule has 2 aromatic carbocycles. The van der Waals surface area contributed by atoms with Crippen molar-refractivity contribution in [2.45, 2.75) is 31.7 Å². The van der Waals surface area contributed by atoms with Crippen molar-refractivity contribution in [2.24, 2.45) is 11.7 Å². The zero-order chi connectivity index (χ0) is 17.1. The molecular formula is C19H20ClFN2O. The van der Waals surface area contributed by atoms with Gasteiger partial charge in [0.1, 0.15) is 5.82 Å². The van der Waals surface area contributed by atoms with Gasteiger partial charge in [-0.05, 0) is 54.7 Å². The number of carbonyl (C=O) groups is 1. The highest BCUT2D eigenvalue weighted by Crippen LogP contribution is 2.31. The van der Waals surface area contributed by atoms with Gasteiger partial charge in [0.2, 0.25) is 5.91 Å². The molecule has 0 heterocycles. The minimum Gasteiger partial charge on any atom is -0.327 e. The monoisotopic (exact) mass is 346 g/mol. The van der Waals surface area contributed by atoms with Crippen LogP contribution >= 0.6 is 11.6 Å². The first-order valence-electron chi connectivity index (χ1n) is 8.14. The van der Waals surface area contributed by atoms with Gasteiger partial charge in [-0.25, -0.2) is 4.39 Å². The van der Waals surface area contributed by atoms with E-state index < -0.39 is 0 Å².